The molecule has 0 N–H and O–H groups in total. The lowest BCUT2D eigenvalue weighted by atomic mass is 9.96. The van der Waals surface area contributed by atoms with Gasteiger partial charge in [0.1, 0.15) is 5.58 Å². The summed E-state index contributed by atoms with van der Waals surface area (Å²) in [7, 11) is 0. The largest absolute Gasteiger partial charge is 0.422 e. The zero-order valence-electron chi connectivity index (χ0n) is 19.6. The average Bonchev–Trinajstić information content (AvgIpc) is 2.91. The average molecular weight is 461 g/mol. The molecule has 1 aliphatic heterocycles. The first kappa shape index (κ1) is 21.8. The van der Waals surface area contributed by atoms with Gasteiger partial charge in [0.2, 0.25) is 0 Å². The first-order valence-electron chi connectivity index (χ1n) is 12.3. The molecule has 0 atom stereocenters. The van der Waals surface area contributed by atoms with E-state index < -0.39 is 0 Å². The molecule has 1 saturated heterocycles. The van der Waals surface area contributed by atoms with Crippen molar-refractivity contribution in [3.05, 3.63) is 130 Å². The van der Waals surface area contributed by atoms with E-state index in [2.05, 4.69) is 88.7 Å². The van der Waals surface area contributed by atoms with Crippen LogP contribution in [-0.2, 0) is 6.54 Å². The third kappa shape index (κ3) is 4.39. The van der Waals surface area contributed by atoms with E-state index in [1.807, 2.05) is 18.2 Å². The summed E-state index contributed by atoms with van der Waals surface area (Å²) in [6, 6.07) is 35.7. The Balaban J connectivity index is 1.25. The van der Waals surface area contributed by atoms with Gasteiger partial charge in [-0.1, -0.05) is 97.1 Å². The van der Waals surface area contributed by atoms with E-state index >= 15 is 0 Å². The first-order chi connectivity index (χ1) is 17.3. The van der Waals surface area contributed by atoms with Crippen LogP contribution in [0.1, 0.15) is 22.7 Å². The van der Waals surface area contributed by atoms with Crippen molar-refractivity contribution in [3.63, 3.8) is 0 Å². The molecule has 6 rings (SSSR count). The van der Waals surface area contributed by atoms with Gasteiger partial charge in [-0.15, -0.1) is 0 Å². The number of rotatable bonds is 5. The van der Waals surface area contributed by atoms with Crippen molar-refractivity contribution in [2.45, 2.75) is 12.6 Å². The van der Waals surface area contributed by atoms with Gasteiger partial charge in [-0.3, -0.25) is 9.80 Å². The van der Waals surface area contributed by atoms with Gasteiger partial charge in [0.15, 0.2) is 0 Å². The molecule has 0 bridgehead atoms. The highest BCUT2D eigenvalue weighted by Gasteiger charge is 2.26. The van der Waals surface area contributed by atoms with Crippen LogP contribution in [0.25, 0.3) is 21.7 Å². The molecule has 4 heteroatoms. The molecular weight excluding hydrogens is 432 g/mol. The standard InChI is InChI=1S/C31H28N2O2/c34-29-21-26(28-16-15-23-9-7-8-14-27(23)31(28)35-29)22-32-17-19-33(20-18-32)30(24-10-3-1-4-11-24)25-12-5-2-6-13-25/h1-16,21,30H,17-20,22H2. The highest BCUT2D eigenvalue weighted by atomic mass is 16.4. The molecule has 0 spiro atoms. The van der Waals surface area contributed by atoms with Crippen LogP contribution in [0, 0.1) is 0 Å². The van der Waals surface area contributed by atoms with Gasteiger partial charge >= 0.3 is 5.63 Å². The van der Waals surface area contributed by atoms with Crippen LogP contribution in [0.4, 0.5) is 0 Å². The van der Waals surface area contributed by atoms with E-state index in [0.29, 0.717) is 5.58 Å². The van der Waals surface area contributed by atoms with E-state index in [4.69, 9.17) is 4.42 Å². The van der Waals surface area contributed by atoms with Gasteiger partial charge in [0.25, 0.3) is 0 Å². The van der Waals surface area contributed by atoms with Crippen molar-refractivity contribution < 1.29 is 4.42 Å². The van der Waals surface area contributed by atoms with Crippen molar-refractivity contribution in [2.24, 2.45) is 0 Å². The summed E-state index contributed by atoms with van der Waals surface area (Å²) in [4.78, 5) is 17.5. The lowest BCUT2D eigenvalue weighted by molar-refractivity contribution is 0.105. The number of piperazine rings is 1. The van der Waals surface area contributed by atoms with Gasteiger partial charge < -0.3 is 4.42 Å². The molecule has 5 aromatic rings. The van der Waals surface area contributed by atoms with Gasteiger partial charge in [0, 0.05) is 49.6 Å². The van der Waals surface area contributed by atoms with E-state index in [1.165, 1.54) is 11.1 Å². The fourth-order valence-electron chi connectivity index (χ4n) is 5.39. The van der Waals surface area contributed by atoms with Crippen LogP contribution < -0.4 is 5.63 Å². The minimum Gasteiger partial charge on any atom is -0.422 e. The van der Waals surface area contributed by atoms with Gasteiger partial charge in [0.05, 0.1) is 6.04 Å². The van der Waals surface area contributed by atoms with Crippen molar-refractivity contribution in [3.8, 4) is 0 Å². The Hall–Kier alpha value is -3.73. The number of nitrogens with zero attached hydrogens (tertiary/aromatic N) is 2. The molecule has 4 nitrogen and oxygen atoms in total. The van der Waals surface area contributed by atoms with Crippen molar-refractivity contribution in [2.75, 3.05) is 26.2 Å². The summed E-state index contributed by atoms with van der Waals surface area (Å²) in [6.07, 6.45) is 0. The Morgan fingerprint density at radius 3 is 2.00 bits per heavy atom. The van der Waals surface area contributed by atoms with Gasteiger partial charge in [-0.2, -0.15) is 0 Å². The quantitative estimate of drug-likeness (QED) is 0.243. The zero-order valence-corrected chi connectivity index (χ0v) is 19.6. The SMILES string of the molecule is O=c1cc(CN2CCN(C(c3ccccc3)c3ccccc3)CC2)c2ccc3ccccc3c2o1. The Morgan fingerprint density at radius 2 is 1.31 bits per heavy atom. The highest BCUT2D eigenvalue weighted by Crippen LogP contribution is 2.31. The molecule has 1 aliphatic rings. The van der Waals surface area contributed by atoms with Crippen LogP contribution in [0.2, 0.25) is 0 Å². The second-order valence-corrected chi connectivity index (χ2v) is 9.29. The molecule has 0 aliphatic carbocycles. The second kappa shape index (κ2) is 9.49. The van der Waals surface area contributed by atoms with Gasteiger partial charge in [-0.25, -0.2) is 4.79 Å². The third-order valence-electron chi connectivity index (χ3n) is 7.12. The monoisotopic (exact) mass is 460 g/mol. The summed E-state index contributed by atoms with van der Waals surface area (Å²) in [5.74, 6) is 0. The van der Waals surface area contributed by atoms with Crippen LogP contribution in [0.5, 0.6) is 0 Å². The summed E-state index contributed by atoms with van der Waals surface area (Å²) in [5, 5.41) is 3.10. The Morgan fingerprint density at radius 1 is 0.686 bits per heavy atom. The molecule has 0 unspecified atom stereocenters. The van der Waals surface area contributed by atoms with Gasteiger partial charge in [-0.05, 0) is 22.1 Å². The van der Waals surface area contributed by atoms with Crippen molar-refractivity contribution in [1.82, 2.24) is 9.80 Å². The van der Waals surface area contributed by atoms with Crippen molar-refractivity contribution in [1.29, 1.82) is 0 Å². The van der Waals surface area contributed by atoms with Crippen LogP contribution in [0.3, 0.4) is 0 Å². The number of hydrogen-bond donors (Lipinski definition) is 0. The Labute approximate surface area is 205 Å². The maximum absolute atomic E-state index is 12.5. The molecule has 0 radical (unpaired) electrons. The van der Waals surface area contributed by atoms with Crippen molar-refractivity contribution >= 4 is 21.7 Å². The molecule has 35 heavy (non-hydrogen) atoms. The zero-order chi connectivity index (χ0) is 23.6. The Bertz CT molecular complexity index is 1460. The van der Waals surface area contributed by atoms with E-state index in [-0.39, 0.29) is 11.7 Å². The Kier molecular flexibility index (Phi) is 5.91. The smallest absolute Gasteiger partial charge is 0.336 e. The second-order valence-electron chi connectivity index (χ2n) is 9.29. The molecule has 0 amide bonds. The molecule has 174 valence electrons. The summed E-state index contributed by atoms with van der Waals surface area (Å²) < 4.78 is 5.67. The topological polar surface area (TPSA) is 36.7 Å². The molecule has 4 aromatic carbocycles. The number of benzene rings is 4. The predicted octanol–water partition coefficient (Wildman–Crippen LogP) is 5.85. The van der Waals surface area contributed by atoms with Crippen LogP contribution in [0.15, 0.2) is 112 Å². The molecule has 1 aromatic heterocycles. The first-order valence-corrected chi connectivity index (χ1v) is 12.3. The minimum atomic E-state index is -0.282. The predicted molar refractivity (Wildman–Crippen MR) is 142 cm³/mol. The third-order valence-corrected chi connectivity index (χ3v) is 7.12. The number of fused-ring (bicyclic) bond motifs is 3. The van der Waals surface area contributed by atoms with Crippen LogP contribution in [-0.4, -0.2) is 36.0 Å². The van der Waals surface area contributed by atoms with E-state index in [1.54, 1.807) is 6.07 Å². The summed E-state index contributed by atoms with van der Waals surface area (Å²) in [6.45, 7) is 4.58. The number of hydrogen-bond acceptors (Lipinski definition) is 4. The fraction of sp³-hybridized carbons (Fsp3) is 0.194. The normalized spacial score (nSPS) is 15.2. The maximum atomic E-state index is 12.5. The lowest BCUT2D eigenvalue weighted by Gasteiger charge is -2.40. The summed E-state index contributed by atoms with van der Waals surface area (Å²) >= 11 is 0. The highest BCUT2D eigenvalue weighted by molar-refractivity contribution is 6.04. The van der Waals surface area contributed by atoms with E-state index in [0.717, 1.165) is 54.4 Å². The molecule has 2 heterocycles. The summed E-state index contributed by atoms with van der Waals surface area (Å²) in [5.41, 5.74) is 4.10. The van der Waals surface area contributed by atoms with Crippen LogP contribution >= 0.6 is 0 Å². The molecule has 0 saturated carbocycles. The lowest BCUT2D eigenvalue weighted by Crippen LogP contribution is -2.47. The maximum Gasteiger partial charge on any atom is 0.336 e. The fourth-order valence-corrected chi connectivity index (χ4v) is 5.39. The molecular formula is C31H28N2O2. The molecule has 1 fully saturated rings. The minimum absolute atomic E-state index is 0.246. The van der Waals surface area contributed by atoms with E-state index in [9.17, 15) is 4.79 Å².